The lowest BCUT2D eigenvalue weighted by Gasteiger charge is -2.18. The fourth-order valence-corrected chi connectivity index (χ4v) is 8.84. The lowest BCUT2D eigenvalue weighted by Crippen LogP contribution is -2.47. The van der Waals surface area contributed by atoms with Crippen molar-refractivity contribution in [2.45, 2.75) is 315 Å². The molecule has 0 aromatic carbocycles. The van der Waals surface area contributed by atoms with Gasteiger partial charge in [-0.05, 0) is 38.5 Å². The molecule has 9 nitrogen and oxygen atoms in total. The van der Waals surface area contributed by atoms with Crippen molar-refractivity contribution in [1.29, 1.82) is 0 Å². The average molecular weight is 907 g/mol. The summed E-state index contributed by atoms with van der Waals surface area (Å²) in [5, 5.41) is 22.7. The van der Waals surface area contributed by atoms with Crippen molar-refractivity contribution in [1.82, 2.24) is 10.6 Å². The number of carbonyl (C=O) groups is 4. The highest BCUT2D eigenvalue weighted by molar-refractivity contribution is 5.87. The first-order valence-corrected chi connectivity index (χ1v) is 27.9. The number of nitrogens with one attached hydrogen (secondary N) is 2. The van der Waals surface area contributed by atoms with E-state index >= 15 is 0 Å². The topological polar surface area (TPSA) is 142 Å². The minimum atomic E-state index is -1.38. The standard InChI is InChI=1S/C55H106N2O7/c1-3-5-7-9-11-13-15-17-18-19-20-21-22-23-24-25-26-28-30-32-34-39-43-47-54(61)64-50(44-40-36-33-31-29-27-16-14-12-10-8-6-4-2)45-41-37-35-38-42-46-52(59)56-48-53(60)57-51(49-58)55(62)63/h50-51,58H,3-49H2,1-2H3,(H,56,59)(H,57,60)(H,62,63). The molecular weight excluding hydrogens is 801 g/mol. The molecule has 2 atom stereocenters. The van der Waals surface area contributed by atoms with Crippen LogP contribution in [0.2, 0.25) is 0 Å². The van der Waals surface area contributed by atoms with Crippen LogP contribution in [-0.2, 0) is 23.9 Å². The second-order valence-corrected chi connectivity index (χ2v) is 19.4. The number of aliphatic hydroxyl groups is 1. The number of carboxylic acid groups (broad SMARTS) is 1. The number of carboxylic acids is 1. The molecule has 0 radical (unpaired) electrons. The van der Waals surface area contributed by atoms with Crippen molar-refractivity contribution in [3.63, 3.8) is 0 Å². The fourth-order valence-electron chi connectivity index (χ4n) is 8.84. The fraction of sp³-hybridized carbons (Fsp3) is 0.927. The zero-order valence-electron chi connectivity index (χ0n) is 42.3. The monoisotopic (exact) mass is 907 g/mol. The summed E-state index contributed by atoms with van der Waals surface area (Å²) in [7, 11) is 0. The Bertz CT molecular complexity index is 1040. The number of unbranched alkanes of at least 4 members (excludes halogenated alkanes) is 38. The first-order valence-electron chi connectivity index (χ1n) is 27.9. The van der Waals surface area contributed by atoms with Gasteiger partial charge in [0.25, 0.3) is 0 Å². The Morgan fingerprint density at radius 2 is 0.703 bits per heavy atom. The van der Waals surface area contributed by atoms with E-state index in [1.54, 1.807) is 0 Å². The maximum Gasteiger partial charge on any atom is 0.328 e. The number of amides is 2. The highest BCUT2D eigenvalue weighted by Crippen LogP contribution is 2.20. The highest BCUT2D eigenvalue weighted by atomic mass is 16.5. The maximum atomic E-state index is 12.9. The van der Waals surface area contributed by atoms with Crippen molar-refractivity contribution >= 4 is 23.8 Å². The number of aliphatic carboxylic acids is 1. The summed E-state index contributed by atoms with van der Waals surface area (Å²) in [6.07, 6.45) is 55.8. The molecule has 0 saturated carbocycles. The second kappa shape index (κ2) is 50.3. The molecular formula is C55H106N2O7. The molecule has 0 bridgehead atoms. The van der Waals surface area contributed by atoms with Gasteiger partial charge >= 0.3 is 11.9 Å². The van der Waals surface area contributed by atoms with Crippen LogP contribution in [0.15, 0.2) is 0 Å². The predicted octanol–water partition coefficient (Wildman–Crippen LogP) is 15.2. The summed E-state index contributed by atoms with van der Waals surface area (Å²) in [6.45, 7) is 3.54. The van der Waals surface area contributed by atoms with Gasteiger partial charge in [0.1, 0.15) is 12.1 Å². The van der Waals surface area contributed by atoms with Gasteiger partial charge in [0, 0.05) is 12.8 Å². The van der Waals surface area contributed by atoms with Crippen molar-refractivity contribution in [3.8, 4) is 0 Å². The summed E-state index contributed by atoms with van der Waals surface area (Å²) in [5.41, 5.74) is 0. The summed E-state index contributed by atoms with van der Waals surface area (Å²) in [4.78, 5) is 47.9. The Kier molecular flexibility index (Phi) is 48.6. The molecule has 0 fully saturated rings. The molecule has 9 heteroatoms. The zero-order valence-corrected chi connectivity index (χ0v) is 42.3. The van der Waals surface area contributed by atoms with Crippen LogP contribution < -0.4 is 10.6 Å². The van der Waals surface area contributed by atoms with Gasteiger partial charge in [0.15, 0.2) is 0 Å². The van der Waals surface area contributed by atoms with Crippen LogP contribution in [0.5, 0.6) is 0 Å². The third-order valence-corrected chi connectivity index (χ3v) is 13.1. The van der Waals surface area contributed by atoms with Crippen LogP contribution in [-0.4, -0.2) is 59.3 Å². The molecule has 2 unspecified atom stereocenters. The van der Waals surface area contributed by atoms with E-state index in [0.717, 1.165) is 57.8 Å². The van der Waals surface area contributed by atoms with Crippen LogP contribution in [0.4, 0.5) is 0 Å². The van der Waals surface area contributed by atoms with E-state index in [1.165, 1.54) is 212 Å². The van der Waals surface area contributed by atoms with E-state index < -0.39 is 24.5 Å². The van der Waals surface area contributed by atoms with Crippen molar-refractivity contribution in [2.24, 2.45) is 0 Å². The number of ether oxygens (including phenoxy) is 1. The van der Waals surface area contributed by atoms with Crippen LogP contribution in [0.25, 0.3) is 0 Å². The van der Waals surface area contributed by atoms with Crippen LogP contribution in [0, 0.1) is 0 Å². The summed E-state index contributed by atoms with van der Waals surface area (Å²) >= 11 is 0. The molecule has 0 aromatic heterocycles. The van der Waals surface area contributed by atoms with Gasteiger partial charge in [-0.1, -0.05) is 251 Å². The van der Waals surface area contributed by atoms with Gasteiger partial charge in [0.05, 0.1) is 13.2 Å². The van der Waals surface area contributed by atoms with Gasteiger partial charge in [-0.3, -0.25) is 14.4 Å². The normalized spacial score (nSPS) is 12.3. The lowest BCUT2D eigenvalue weighted by molar-refractivity contribution is -0.150. The van der Waals surface area contributed by atoms with Crippen molar-refractivity contribution in [2.75, 3.05) is 13.2 Å². The van der Waals surface area contributed by atoms with Gasteiger partial charge in [-0.25, -0.2) is 4.79 Å². The Hall–Kier alpha value is -2.16. The summed E-state index contributed by atoms with van der Waals surface area (Å²) < 4.78 is 6.09. The summed E-state index contributed by atoms with van der Waals surface area (Å²) in [6, 6.07) is -1.38. The van der Waals surface area contributed by atoms with Crippen LogP contribution >= 0.6 is 0 Å². The zero-order chi connectivity index (χ0) is 46.8. The van der Waals surface area contributed by atoms with Crippen LogP contribution in [0.1, 0.15) is 303 Å². The minimum absolute atomic E-state index is 0.00627. The minimum Gasteiger partial charge on any atom is -0.480 e. The largest absolute Gasteiger partial charge is 0.480 e. The van der Waals surface area contributed by atoms with Gasteiger partial charge in [0.2, 0.25) is 11.8 Å². The highest BCUT2D eigenvalue weighted by Gasteiger charge is 2.19. The van der Waals surface area contributed by atoms with E-state index in [1.807, 2.05) is 0 Å². The Labute approximate surface area is 395 Å². The first-order chi connectivity index (χ1) is 31.3. The average Bonchev–Trinajstić information content (AvgIpc) is 3.28. The quantitative estimate of drug-likeness (QED) is 0.0352. The number of hydrogen-bond donors (Lipinski definition) is 4. The van der Waals surface area contributed by atoms with Gasteiger partial charge < -0.3 is 25.6 Å². The van der Waals surface area contributed by atoms with E-state index in [-0.39, 0.29) is 24.5 Å². The number of rotatable bonds is 52. The molecule has 64 heavy (non-hydrogen) atoms. The first kappa shape index (κ1) is 61.8. The maximum absolute atomic E-state index is 12.9. The molecule has 0 rings (SSSR count). The third-order valence-electron chi connectivity index (χ3n) is 13.1. The Morgan fingerprint density at radius 3 is 1.02 bits per heavy atom. The lowest BCUT2D eigenvalue weighted by atomic mass is 10.0. The molecule has 0 saturated heterocycles. The van der Waals surface area contributed by atoms with Crippen molar-refractivity contribution in [3.05, 3.63) is 0 Å². The molecule has 0 aliphatic carbocycles. The predicted molar refractivity (Wildman–Crippen MR) is 269 cm³/mol. The van der Waals surface area contributed by atoms with E-state index in [0.29, 0.717) is 19.3 Å². The number of esters is 1. The molecule has 0 heterocycles. The molecule has 378 valence electrons. The van der Waals surface area contributed by atoms with E-state index in [2.05, 4.69) is 24.5 Å². The van der Waals surface area contributed by atoms with Gasteiger partial charge in [-0.2, -0.15) is 0 Å². The van der Waals surface area contributed by atoms with E-state index in [4.69, 9.17) is 14.9 Å². The summed E-state index contributed by atoms with van der Waals surface area (Å²) in [5.74, 6) is -2.26. The SMILES string of the molecule is CCCCCCCCCCCCCCCCCCCCCCCCCC(=O)OC(CCCCCCCCCCCCCCC)CCCCCCCC(=O)NCC(=O)NC(CO)C(=O)O. The Balaban J connectivity index is 4.14. The molecule has 0 aromatic rings. The number of aliphatic hydroxyl groups excluding tert-OH is 1. The van der Waals surface area contributed by atoms with Crippen LogP contribution in [0.3, 0.4) is 0 Å². The smallest absolute Gasteiger partial charge is 0.328 e. The molecule has 0 aliphatic heterocycles. The number of carbonyl (C=O) groups excluding carboxylic acids is 3. The molecule has 0 aliphatic rings. The Morgan fingerprint density at radius 1 is 0.406 bits per heavy atom. The second-order valence-electron chi connectivity index (χ2n) is 19.4. The van der Waals surface area contributed by atoms with Gasteiger partial charge in [-0.15, -0.1) is 0 Å². The van der Waals surface area contributed by atoms with E-state index in [9.17, 15) is 19.2 Å². The number of hydrogen-bond acceptors (Lipinski definition) is 6. The molecule has 4 N–H and O–H groups in total. The third kappa shape index (κ3) is 46.4. The van der Waals surface area contributed by atoms with Crippen molar-refractivity contribution < 1.29 is 34.1 Å². The molecule has 2 amide bonds. The molecule has 0 spiro atoms.